The molecule has 0 amide bonds. The summed E-state index contributed by atoms with van der Waals surface area (Å²) in [4.78, 5) is 2.59. The number of ether oxygens (including phenoxy) is 4. The van der Waals surface area contributed by atoms with E-state index >= 15 is 0 Å². The molecule has 0 N–H and O–H groups in total. The molecular weight excluding hydrogens is 498 g/mol. The molecule has 0 bridgehead atoms. The first-order valence-electron chi connectivity index (χ1n) is 13.6. The van der Waals surface area contributed by atoms with E-state index in [2.05, 4.69) is 83.8 Å². The van der Waals surface area contributed by atoms with E-state index < -0.39 is 0 Å². The van der Waals surface area contributed by atoms with Crippen molar-refractivity contribution in [2.45, 2.75) is 24.9 Å². The first kappa shape index (κ1) is 27.4. The Bertz CT molecular complexity index is 1460. The Labute approximate surface area is 237 Å². The van der Waals surface area contributed by atoms with Crippen LogP contribution in [-0.4, -0.2) is 45.9 Å². The maximum atomic E-state index is 5.64. The predicted octanol–water partition coefficient (Wildman–Crippen LogP) is 7.02. The van der Waals surface area contributed by atoms with Gasteiger partial charge in [0.15, 0.2) is 0 Å². The second-order valence-electron chi connectivity index (χ2n) is 10.1. The van der Waals surface area contributed by atoms with Crippen LogP contribution in [0, 0.1) is 0 Å². The highest BCUT2D eigenvalue weighted by atomic mass is 16.5. The molecule has 0 radical (unpaired) electrons. The van der Waals surface area contributed by atoms with Crippen molar-refractivity contribution in [3.05, 3.63) is 125 Å². The van der Waals surface area contributed by atoms with Gasteiger partial charge in [0.1, 0.15) is 23.0 Å². The maximum absolute atomic E-state index is 5.64. The molecule has 0 spiro atoms. The third-order valence-electron chi connectivity index (χ3n) is 7.66. The van der Waals surface area contributed by atoms with Gasteiger partial charge in [0.25, 0.3) is 0 Å². The summed E-state index contributed by atoms with van der Waals surface area (Å²) in [5.74, 6) is 3.58. The third kappa shape index (κ3) is 6.32. The minimum absolute atomic E-state index is 0.127. The Morgan fingerprint density at radius 2 is 1.18 bits per heavy atom. The second-order valence-corrected chi connectivity index (χ2v) is 10.1. The Morgan fingerprint density at radius 3 is 1.85 bits per heavy atom. The van der Waals surface area contributed by atoms with Crippen LogP contribution in [0.3, 0.4) is 0 Å². The van der Waals surface area contributed by atoms with Crippen molar-refractivity contribution in [2.24, 2.45) is 0 Å². The maximum Gasteiger partial charge on any atom is 0.119 e. The van der Waals surface area contributed by atoms with Crippen molar-refractivity contribution in [1.82, 2.24) is 4.90 Å². The first-order valence-corrected chi connectivity index (χ1v) is 13.6. The molecule has 0 fully saturated rings. The lowest BCUT2D eigenvalue weighted by Crippen LogP contribution is -2.44. The number of methoxy groups -OCH3 is 4. The Kier molecular flexibility index (Phi) is 8.72. The van der Waals surface area contributed by atoms with Crippen molar-refractivity contribution >= 4 is 5.57 Å². The minimum atomic E-state index is 0.127. The average molecular weight is 536 g/mol. The monoisotopic (exact) mass is 535 g/mol. The highest BCUT2D eigenvalue weighted by Crippen LogP contribution is 2.39. The van der Waals surface area contributed by atoms with Crippen LogP contribution in [0.1, 0.15) is 28.2 Å². The van der Waals surface area contributed by atoms with Crippen molar-refractivity contribution in [1.29, 1.82) is 0 Å². The van der Waals surface area contributed by atoms with Crippen LogP contribution in [0.15, 0.2) is 103 Å². The van der Waals surface area contributed by atoms with E-state index in [0.717, 1.165) is 42.5 Å². The molecule has 1 aliphatic rings. The summed E-state index contributed by atoms with van der Waals surface area (Å²) in [6.07, 6.45) is 3.31. The molecule has 0 saturated heterocycles. The Hall–Kier alpha value is -4.22. The van der Waals surface area contributed by atoms with E-state index in [4.69, 9.17) is 18.9 Å². The SMILES string of the molecule is COc1cccc(CC2C(c3cccc(OC)c3)C=C(c3cccc(OC)c3)CN2Cc2cccc(OC)c2)c1. The van der Waals surface area contributed by atoms with Gasteiger partial charge in [-0.2, -0.15) is 0 Å². The molecule has 2 atom stereocenters. The van der Waals surface area contributed by atoms with Crippen molar-refractivity contribution in [3.8, 4) is 23.0 Å². The van der Waals surface area contributed by atoms with Gasteiger partial charge in [-0.1, -0.05) is 54.6 Å². The van der Waals surface area contributed by atoms with Gasteiger partial charge in [-0.15, -0.1) is 0 Å². The van der Waals surface area contributed by atoms with Crippen LogP contribution in [0.25, 0.3) is 5.57 Å². The molecule has 206 valence electrons. The lowest BCUT2D eigenvalue weighted by Gasteiger charge is -2.41. The summed E-state index contributed by atoms with van der Waals surface area (Å²) in [5.41, 5.74) is 6.12. The smallest absolute Gasteiger partial charge is 0.119 e. The summed E-state index contributed by atoms with van der Waals surface area (Å²) >= 11 is 0. The van der Waals surface area contributed by atoms with Gasteiger partial charge < -0.3 is 18.9 Å². The molecule has 5 heteroatoms. The molecule has 1 heterocycles. The zero-order valence-electron chi connectivity index (χ0n) is 23.7. The molecule has 0 saturated carbocycles. The highest BCUT2D eigenvalue weighted by molar-refractivity contribution is 5.70. The van der Waals surface area contributed by atoms with Gasteiger partial charge in [-0.05, 0) is 82.8 Å². The van der Waals surface area contributed by atoms with Gasteiger partial charge in [-0.25, -0.2) is 0 Å². The lowest BCUT2D eigenvalue weighted by molar-refractivity contribution is 0.185. The van der Waals surface area contributed by atoms with E-state index in [0.29, 0.717) is 0 Å². The van der Waals surface area contributed by atoms with Gasteiger partial charge in [-0.3, -0.25) is 4.90 Å². The van der Waals surface area contributed by atoms with E-state index in [9.17, 15) is 0 Å². The minimum Gasteiger partial charge on any atom is -0.497 e. The van der Waals surface area contributed by atoms with Gasteiger partial charge >= 0.3 is 0 Å². The van der Waals surface area contributed by atoms with Gasteiger partial charge in [0.05, 0.1) is 28.4 Å². The van der Waals surface area contributed by atoms with E-state index in [1.54, 1.807) is 28.4 Å². The zero-order chi connectivity index (χ0) is 27.9. The normalized spacial score (nSPS) is 17.1. The van der Waals surface area contributed by atoms with Crippen molar-refractivity contribution in [3.63, 3.8) is 0 Å². The first-order chi connectivity index (χ1) is 19.6. The molecule has 4 aromatic rings. The zero-order valence-corrected chi connectivity index (χ0v) is 23.7. The van der Waals surface area contributed by atoms with Crippen LogP contribution in [0.4, 0.5) is 0 Å². The van der Waals surface area contributed by atoms with Crippen LogP contribution in [-0.2, 0) is 13.0 Å². The van der Waals surface area contributed by atoms with Crippen LogP contribution >= 0.6 is 0 Å². The second kappa shape index (κ2) is 12.8. The molecule has 1 aliphatic heterocycles. The van der Waals surface area contributed by atoms with Crippen molar-refractivity contribution in [2.75, 3.05) is 35.0 Å². The molecular formula is C35H37NO4. The standard InChI is InChI=1S/C35H37NO4/c1-37-30-13-5-9-25(17-30)19-35-34(28-12-8-16-33(21-28)40-4)22-29(27-11-7-15-32(20-27)39-3)24-36(35)23-26-10-6-14-31(18-26)38-2/h5-18,20-22,34-35H,19,23-24H2,1-4H3. The molecule has 0 aliphatic carbocycles. The Balaban J connectivity index is 1.62. The summed E-state index contributed by atoms with van der Waals surface area (Å²) in [6.45, 7) is 1.59. The fourth-order valence-electron chi connectivity index (χ4n) is 5.60. The van der Waals surface area contributed by atoms with Crippen LogP contribution < -0.4 is 18.9 Å². The molecule has 5 nitrogen and oxygen atoms in total. The van der Waals surface area contributed by atoms with Gasteiger partial charge in [0.2, 0.25) is 0 Å². The summed E-state index contributed by atoms with van der Waals surface area (Å²) in [5, 5.41) is 0. The predicted molar refractivity (Wildman–Crippen MR) is 161 cm³/mol. The summed E-state index contributed by atoms with van der Waals surface area (Å²) in [7, 11) is 6.87. The highest BCUT2D eigenvalue weighted by Gasteiger charge is 2.33. The molecule has 40 heavy (non-hydrogen) atoms. The van der Waals surface area contributed by atoms with Crippen LogP contribution in [0.5, 0.6) is 23.0 Å². The van der Waals surface area contributed by atoms with E-state index in [1.807, 2.05) is 24.3 Å². The average Bonchev–Trinajstić information content (AvgIpc) is 3.02. The summed E-state index contributed by atoms with van der Waals surface area (Å²) < 4.78 is 22.3. The number of benzene rings is 4. The molecule has 2 unspecified atom stereocenters. The van der Waals surface area contributed by atoms with E-state index in [1.165, 1.54) is 27.8 Å². The third-order valence-corrected chi connectivity index (χ3v) is 7.66. The fraction of sp³-hybridized carbons (Fsp3) is 0.257. The number of hydrogen-bond donors (Lipinski definition) is 0. The molecule has 5 rings (SSSR count). The Morgan fingerprint density at radius 1 is 0.625 bits per heavy atom. The molecule has 4 aromatic carbocycles. The topological polar surface area (TPSA) is 40.2 Å². The molecule has 0 aromatic heterocycles. The largest absolute Gasteiger partial charge is 0.497 e. The lowest BCUT2D eigenvalue weighted by atomic mass is 9.80. The number of rotatable bonds is 10. The van der Waals surface area contributed by atoms with Gasteiger partial charge in [0, 0.05) is 25.0 Å². The van der Waals surface area contributed by atoms with Crippen molar-refractivity contribution < 1.29 is 18.9 Å². The number of hydrogen-bond acceptors (Lipinski definition) is 5. The quantitative estimate of drug-likeness (QED) is 0.218. The summed E-state index contributed by atoms with van der Waals surface area (Å²) in [6, 6.07) is 33.8. The number of nitrogens with zero attached hydrogens (tertiary/aromatic N) is 1. The van der Waals surface area contributed by atoms with E-state index in [-0.39, 0.29) is 12.0 Å². The fourth-order valence-corrected chi connectivity index (χ4v) is 5.60. The van der Waals surface area contributed by atoms with Crippen LogP contribution in [0.2, 0.25) is 0 Å².